The number of fused-ring (bicyclic) bond motifs is 1. The number of hydrogen-bond donors (Lipinski definition) is 0. The maximum Gasteiger partial charge on any atom is 0.328 e. The van der Waals surface area contributed by atoms with E-state index in [-0.39, 0.29) is 0 Å². The van der Waals surface area contributed by atoms with Gasteiger partial charge in [-0.1, -0.05) is 18.2 Å². The molecule has 1 unspecified atom stereocenters. The third-order valence-corrected chi connectivity index (χ3v) is 4.85. The van der Waals surface area contributed by atoms with Gasteiger partial charge in [0.2, 0.25) is 0 Å². The normalized spacial score (nSPS) is 17.8. The van der Waals surface area contributed by atoms with Crippen molar-refractivity contribution in [3.63, 3.8) is 0 Å². The fraction of sp³-hybridized carbons (Fsp3) is 0.235. The van der Waals surface area contributed by atoms with Gasteiger partial charge in [-0.05, 0) is 30.8 Å². The van der Waals surface area contributed by atoms with Crippen LogP contribution >= 0.6 is 11.8 Å². The van der Waals surface area contributed by atoms with Crippen molar-refractivity contribution in [2.45, 2.75) is 13.0 Å². The molecule has 1 atom stereocenters. The summed E-state index contributed by atoms with van der Waals surface area (Å²) >= 11 is 0.832. The molecule has 0 aliphatic carbocycles. The molecule has 1 aromatic heterocycles. The number of hydrogen-bond acceptors (Lipinski definition) is 5. The molecule has 6 nitrogen and oxygen atoms in total. The van der Waals surface area contributed by atoms with Crippen molar-refractivity contribution in [3.8, 4) is 0 Å². The summed E-state index contributed by atoms with van der Waals surface area (Å²) < 4.78 is 6.58. The van der Waals surface area contributed by atoms with E-state index in [9.17, 15) is 14.4 Å². The van der Waals surface area contributed by atoms with Crippen LogP contribution in [0.1, 0.15) is 12.5 Å². The van der Waals surface area contributed by atoms with Crippen LogP contribution in [0.5, 0.6) is 0 Å². The molecule has 2 heterocycles. The first-order valence-corrected chi connectivity index (χ1v) is 8.14. The zero-order chi connectivity index (χ0) is 17.4. The van der Waals surface area contributed by atoms with Gasteiger partial charge in [-0.2, -0.15) is 0 Å². The Labute approximate surface area is 143 Å². The average Bonchev–Trinajstić information content (AvgIpc) is 3.04. The third kappa shape index (κ3) is 2.60. The number of aryl methyl sites for hydroxylation is 1. The van der Waals surface area contributed by atoms with Crippen molar-refractivity contribution in [3.05, 3.63) is 40.9 Å². The summed E-state index contributed by atoms with van der Waals surface area (Å²) in [6.07, 6.45) is 3.60. The Morgan fingerprint density at radius 1 is 1.29 bits per heavy atom. The van der Waals surface area contributed by atoms with Gasteiger partial charge in [0.05, 0.1) is 12.0 Å². The predicted molar refractivity (Wildman–Crippen MR) is 92.2 cm³/mol. The van der Waals surface area contributed by atoms with Gasteiger partial charge in [0.1, 0.15) is 6.04 Å². The summed E-state index contributed by atoms with van der Waals surface area (Å²) in [6, 6.07) is 6.86. The highest BCUT2D eigenvalue weighted by Gasteiger charge is 2.41. The molecule has 2 amide bonds. The molecule has 0 N–H and O–H groups in total. The molecule has 7 heteroatoms. The van der Waals surface area contributed by atoms with E-state index in [1.54, 1.807) is 6.08 Å². The Morgan fingerprint density at radius 2 is 2.00 bits per heavy atom. The lowest BCUT2D eigenvalue weighted by Crippen LogP contribution is -2.42. The van der Waals surface area contributed by atoms with Crippen molar-refractivity contribution < 1.29 is 19.1 Å². The van der Waals surface area contributed by atoms with Crippen molar-refractivity contribution in [2.24, 2.45) is 7.05 Å². The zero-order valence-electron chi connectivity index (χ0n) is 13.5. The van der Waals surface area contributed by atoms with E-state index in [2.05, 4.69) is 4.74 Å². The van der Waals surface area contributed by atoms with Crippen LogP contribution in [-0.2, 0) is 21.4 Å². The number of carbonyl (C=O) groups excluding carboxylic acids is 3. The molecule has 0 spiro atoms. The molecule has 0 bridgehead atoms. The molecule has 1 saturated heterocycles. The van der Waals surface area contributed by atoms with Crippen molar-refractivity contribution in [1.82, 2.24) is 9.47 Å². The summed E-state index contributed by atoms with van der Waals surface area (Å²) in [5.41, 5.74) is 1.88. The predicted octanol–water partition coefficient (Wildman–Crippen LogP) is 2.78. The van der Waals surface area contributed by atoms with Crippen molar-refractivity contribution >= 4 is 45.9 Å². The molecule has 1 aromatic carbocycles. The van der Waals surface area contributed by atoms with Crippen LogP contribution in [0.3, 0.4) is 0 Å². The SMILES string of the molecule is COC(=O)C(C)N1C(=O)S/C(=C\c2cn(C)c3ccccc23)C1=O. The minimum Gasteiger partial charge on any atom is -0.467 e. The molecular formula is C17H16N2O4S. The topological polar surface area (TPSA) is 68.6 Å². The van der Waals surface area contributed by atoms with Gasteiger partial charge >= 0.3 is 5.97 Å². The second-order valence-electron chi connectivity index (χ2n) is 5.46. The molecule has 1 aliphatic rings. The van der Waals surface area contributed by atoms with Gasteiger partial charge in [0.15, 0.2) is 0 Å². The molecule has 2 aromatic rings. The lowest BCUT2D eigenvalue weighted by Gasteiger charge is -2.18. The van der Waals surface area contributed by atoms with E-state index in [4.69, 9.17) is 0 Å². The molecule has 0 saturated carbocycles. The largest absolute Gasteiger partial charge is 0.467 e. The number of carbonyl (C=O) groups is 3. The first-order chi connectivity index (χ1) is 11.4. The summed E-state index contributed by atoms with van der Waals surface area (Å²) in [5, 5.41) is 0.525. The number of benzene rings is 1. The van der Waals surface area contributed by atoms with Crippen LogP contribution < -0.4 is 0 Å². The summed E-state index contributed by atoms with van der Waals surface area (Å²) in [6.45, 7) is 1.48. The van der Waals surface area contributed by atoms with E-state index < -0.39 is 23.2 Å². The quantitative estimate of drug-likeness (QED) is 0.633. The number of para-hydroxylation sites is 1. The number of esters is 1. The maximum atomic E-state index is 12.5. The molecule has 3 rings (SSSR count). The van der Waals surface area contributed by atoms with E-state index in [1.165, 1.54) is 14.0 Å². The van der Waals surface area contributed by atoms with Crippen LogP contribution in [0, 0.1) is 0 Å². The highest BCUT2D eigenvalue weighted by atomic mass is 32.2. The van der Waals surface area contributed by atoms with Gasteiger partial charge in [-0.15, -0.1) is 0 Å². The average molecular weight is 344 g/mol. The van der Waals surface area contributed by atoms with Gasteiger partial charge in [0, 0.05) is 29.7 Å². The highest BCUT2D eigenvalue weighted by molar-refractivity contribution is 8.18. The lowest BCUT2D eigenvalue weighted by molar-refractivity contribution is -0.148. The second-order valence-corrected chi connectivity index (χ2v) is 6.46. The zero-order valence-corrected chi connectivity index (χ0v) is 14.3. The fourth-order valence-electron chi connectivity index (χ4n) is 2.72. The van der Waals surface area contributed by atoms with E-state index in [0.717, 1.165) is 33.1 Å². The molecule has 1 fully saturated rings. The molecule has 0 radical (unpaired) electrons. The minimum absolute atomic E-state index is 0.298. The van der Waals surface area contributed by atoms with Crippen molar-refractivity contribution in [1.29, 1.82) is 0 Å². The highest BCUT2D eigenvalue weighted by Crippen LogP contribution is 2.35. The number of rotatable bonds is 3. The third-order valence-electron chi connectivity index (χ3n) is 3.97. The van der Waals surface area contributed by atoms with Crippen molar-refractivity contribution in [2.75, 3.05) is 7.11 Å². The molecule has 1 aliphatic heterocycles. The van der Waals surface area contributed by atoms with Crippen LogP contribution in [0.15, 0.2) is 35.4 Å². The van der Waals surface area contributed by atoms with Crippen LogP contribution in [0.2, 0.25) is 0 Å². The summed E-state index contributed by atoms with van der Waals surface area (Å²) in [5.74, 6) is -1.10. The number of amides is 2. The molecule has 124 valence electrons. The van der Waals surface area contributed by atoms with Gasteiger partial charge in [0.25, 0.3) is 11.1 Å². The first kappa shape index (κ1) is 16.3. The smallest absolute Gasteiger partial charge is 0.328 e. The maximum absolute atomic E-state index is 12.5. The standard InChI is InChI=1S/C17H16N2O4S/c1-10(16(21)23-3)19-15(20)14(24-17(19)22)8-11-9-18(2)13-7-5-4-6-12(11)13/h4-10H,1-3H3/b14-8-. The summed E-state index contributed by atoms with van der Waals surface area (Å²) in [7, 11) is 3.15. The second kappa shape index (κ2) is 6.16. The number of ether oxygens (including phenoxy) is 1. The number of imide groups is 1. The first-order valence-electron chi connectivity index (χ1n) is 7.33. The monoisotopic (exact) mass is 344 g/mol. The summed E-state index contributed by atoms with van der Waals surface area (Å²) in [4.78, 5) is 37.5. The minimum atomic E-state index is -0.944. The van der Waals surface area contributed by atoms with E-state index >= 15 is 0 Å². The van der Waals surface area contributed by atoms with Crippen LogP contribution in [0.4, 0.5) is 4.79 Å². The van der Waals surface area contributed by atoms with Gasteiger partial charge in [-0.3, -0.25) is 14.5 Å². The number of nitrogens with zero attached hydrogens (tertiary/aromatic N) is 2. The van der Waals surface area contributed by atoms with Crippen LogP contribution in [-0.4, -0.2) is 39.7 Å². The van der Waals surface area contributed by atoms with Gasteiger partial charge < -0.3 is 9.30 Å². The fourth-order valence-corrected chi connectivity index (χ4v) is 3.62. The molecule has 24 heavy (non-hydrogen) atoms. The Balaban J connectivity index is 1.98. The number of methoxy groups -OCH3 is 1. The van der Waals surface area contributed by atoms with E-state index in [1.807, 2.05) is 42.1 Å². The van der Waals surface area contributed by atoms with E-state index in [0.29, 0.717) is 4.91 Å². The Bertz CT molecular complexity index is 884. The Hall–Kier alpha value is -2.54. The Kier molecular flexibility index (Phi) is 4.19. The number of thioether (sulfide) groups is 1. The van der Waals surface area contributed by atoms with Gasteiger partial charge in [-0.25, -0.2) is 4.79 Å². The molecular weight excluding hydrogens is 328 g/mol. The Morgan fingerprint density at radius 3 is 2.71 bits per heavy atom. The lowest BCUT2D eigenvalue weighted by atomic mass is 10.1. The number of aromatic nitrogens is 1. The van der Waals surface area contributed by atoms with Crippen LogP contribution in [0.25, 0.3) is 17.0 Å².